The number of carboxylic acids is 1. The molecule has 1 fully saturated rings. The summed E-state index contributed by atoms with van der Waals surface area (Å²) < 4.78 is 7.31. The molecule has 1 aliphatic rings. The highest BCUT2D eigenvalue weighted by Crippen LogP contribution is 2.25. The third-order valence-electron chi connectivity index (χ3n) is 2.72. The molecule has 1 atom stereocenters. The molecule has 6 heteroatoms. The van der Waals surface area contributed by atoms with Gasteiger partial charge in [-0.05, 0) is 12.5 Å². The molecule has 1 unspecified atom stereocenters. The van der Waals surface area contributed by atoms with E-state index in [9.17, 15) is 4.79 Å². The molecule has 1 N–H and O–H groups in total. The maximum Gasteiger partial charge on any atom is 0.346 e. The van der Waals surface area contributed by atoms with Crippen LogP contribution < -0.4 is 0 Å². The van der Waals surface area contributed by atoms with E-state index in [2.05, 4.69) is 4.98 Å². The smallest absolute Gasteiger partial charge is 0.346 e. The summed E-state index contributed by atoms with van der Waals surface area (Å²) in [7, 11) is 0. The summed E-state index contributed by atoms with van der Waals surface area (Å²) in [6, 6.07) is 1.67. The second-order valence-corrected chi connectivity index (χ2v) is 4.82. The van der Waals surface area contributed by atoms with Gasteiger partial charge in [0, 0.05) is 6.61 Å². The van der Waals surface area contributed by atoms with Gasteiger partial charge in [-0.15, -0.1) is 11.3 Å². The zero-order chi connectivity index (χ0) is 11.1. The lowest BCUT2D eigenvalue weighted by Gasteiger charge is -2.26. The van der Waals surface area contributed by atoms with Gasteiger partial charge in [-0.2, -0.15) is 0 Å². The summed E-state index contributed by atoms with van der Waals surface area (Å²) in [5.41, 5.74) is 0.887. The average molecular weight is 238 g/mol. The fraction of sp³-hybridized carbons (Fsp3) is 0.400. The van der Waals surface area contributed by atoms with Gasteiger partial charge in [0.2, 0.25) is 0 Å². The zero-order valence-corrected chi connectivity index (χ0v) is 9.24. The minimum atomic E-state index is -0.894. The molecule has 3 heterocycles. The van der Waals surface area contributed by atoms with Crippen LogP contribution in [-0.2, 0) is 11.3 Å². The van der Waals surface area contributed by atoms with Crippen LogP contribution >= 0.6 is 11.3 Å². The lowest BCUT2D eigenvalue weighted by atomic mass is 10.2. The predicted octanol–water partition coefficient (Wildman–Crippen LogP) is 1.58. The van der Waals surface area contributed by atoms with Crippen molar-refractivity contribution in [2.75, 3.05) is 6.61 Å². The minimum Gasteiger partial charge on any atom is -0.477 e. The number of ether oxygens (including phenoxy) is 1. The van der Waals surface area contributed by atoms with Crippen LogP contribution in [-0.4, -0.2) is 33.3 Å². The van der Waals surface area contributed by atoms with Crippen molar-refractivity contribution < 1.29 is 14.6 Å². The maximum absolute atomic E-state index is 10.8. The molecule has 16 heavy (non-hydrogen) atoms. The number of hydrogen-bond acceptors (Lipinski definition) is 4. The van der Waals surface area contributed by atoms with Crippen LogP contribution in [0.2, 0.25) is 0 Å². The summed E-state index contributed by atoms with van der Waals surface area (Å²) >= 11 is 1.21. The zero-order valence-electron chi connectivity index (χ0n) is 8.42. The fourth-order valence-corrected chi connectivity index (χ4v) is 2.60. The van der Waals surface area contributed by atoms with Crippen molar-refractivity contribution in [3.63, 3.8) is 0 Å². The third kappa shape index (κ3) is 1.50. The molecule has 2 aromatic rings. The summed E-state index contributed by atoms with van der Waals surface area (Å²) in [5.74, 6) is -0.894. The van der Waals surface area contributed by atoms with Crippen molar-refractivity contribution in [1.82, 2.24) is 9.55 Å². The first kappa shape index (κ1) is 9.80. The Morgan fingerprint density at radius 1 is 1.75 bits per heavy atom. The molecule has 1 aliphatic heterocycles. The molecule has 3 rings (SSSR count). The average Bonchev–Trinajstić information content (AvgIpc) is 2.70. The van der Waals surface area contributed by atoms with Crippen LogP contribution in [0.1, 0.15) is 16.1 Å². The lowest BCUT2D eigenvalue weighted by Crippen LogP contribution is -2.30. The first-order valence-corrected chi connectivity index (χ1v) is 5.85. The van der Waals surface area contributed by atoms with Crippen LogP contribution in [0.25, 0.3) is 10.3 Å². The van der Waals surface area contributed by atoms with Crippen LogP contribution in [0.5, 0.6) is 0 Å². The molecule has 0 bridgehead atoms. The molecule has 2 aromatic heterocycles. The van der Waals surface area contributed by atoms with E-state index in [1.807, 2.05) is 4.57 Å². The largest absolute Gasteiger partial charge is 0.477 e. The molecule has 1 saturated heterocycles. The van der Waals surface area contributed by atoms with Gasteiger partial charge in [0.15, 0.2) is 0 Å². The van der Waals surface area contributed by atoms with Gasteiger partial charge in [0.1, 0.15) is 9.71 Å². The normalized spacial score (nSPS) is 19.9. The monoisotopic (exact) mass is 238 g/mol. The molecular weight excluding hydrogens is 228 g/mol. The number of nitrogens with zero attached hydrogens (tertiary/aromatic N) is 2. The second-order valence-electron chi connectivity index (χ2n) is 3.78. The first-order chi connectivity index (χ1) is 7.74. The van der Waals surface area contributed by atoms with E-state index in [4.69, 9.17) is 9.84 Å². The maximum atomic E-state index is 10.8. The highest BCUT2D eigenvalue weighted by Gasteiger charge is 2.20. The molecular formula is C10H10N2O3S. The molecule has 0 aliphatic carbocycles. The Balaban J connectivity index is 1.94. The van der Waals surface area contributed by atoms with E-state index < -0.39 is 5.97 Å². The SMILES string of the molecule is O=C(O)c1cc2c(ncn2CC2CCO2)s1. The van der Waals surface area contributed by atoms with Crippen molar-refractivity contribution >= 4 is 27.7 Å². The second kappa shape index (κ2) is 3.57. The number of fused-ring (bicyclic) bond motifs is 1. The van der Waals surface area contributed by atoms with Gasteiger partial charge in [0.25, 0.3) is 0 Å². The highest BCUT2D eigenvalue weighted by molar-refractivity contribution is 7.20. The fourth-order valence-electron chi connectivity index (χ4n) is 1.75. The first-order valence-electron chi connectivity index (χ1n) is 5.03. The molecule has 0 radical (unpaired) electrons. The van der Waals surface area contributed by atoms with E-state index in [-0.39, 0.29) is 6.10 Å². The minimum absolute atomic E-state index is 0.255. The highest BCUT2D eigenvalue weighted by atomic mass is 32.1. The van der Waals surface area contributed by atoms with E-state index in [1.165, 1.54) is 11.3 Å². The number of thiophene rings is 1. The van der Waals surface area contributed by atoms with E-state index in [1.54, 1.807) is 12.4 Å². The summed E-state index contributed by atoms with van der Waals surface area (Å²) in [6.07, 6.45) is 3.06. The molecule has 0 aromatic carbocycles. The molecule has 0 spiro atoms. The van der Waals surface area contributed by atoms with Crippen LogP contribution in [0.15, 0.2) is 12.4 Å². The molecule has 5 nitrogen and oxygen atoms in total. The van der Waals surface area contributed by atoms with Gasteiger partial charge >= 0.3 is 5.97 Å². The summed E-state index contributed by atoms with van der Waals surface area (Å²) in [4.78, 5) is 16.1. The van der Waals surface area contributed by atoms with Crippen molar-refractivity contribution in [2.24, 2.45) is 0 Å². The Hall–Kier alpha value is -1.40. The number of hydrogen-bond donors (Lipinski definition) is 1. The van der Waals surface area contributed by atoms with Crippen molar-refractivity contribution in [2.45, 2.75) is 19.1 Å². The number of aromatic carboxylic acids is 1. The van der Waals surface area contributed by atoms with Gasteiger partial charge in [-0.3, -0.25) is 0 Å². The number of rotatable bonds is 3. The molecule has 0 saturated carbocycles. The Morgan fingerprint density at radius 2 is 2.56 bits per heavy atom. The standard InChI is InChI=1S/C10H10N2O3S/c13-10(14)8-3-7-9(16-8)11-5-12(7)4-6-1-2-15-6/h3,5-6H,1-2,4H2,(H,13,14). The molecule has 84 valence electrons. The van der Waals surface area contributed by atoms with Gasteiger partial charge in [0.05, 0.1) is 24.5 Å². The quantitative estimate of drug-likeness (QED) is 0.881. The topological polar surface area (TPSA) is 64.3 Å². The van der Waals surface area contributed by atoms with Gasteiger partial charge in [-0.25, -0.2) is 9.78 Å². The van der Waals surface area contributed by atoms with Gasteiger partial charge < -0.3 is 14.4 Å². The van der Waals surface area contributed by atoms with Gasteiger partial charge in [-0.1, -0.05) is 0 Å². The van der Waals surface area contributed by atoms with Crippen LogP contribution in [0.4, 0.5) is 0 Å². The van der Waals surface area contributed by atoms with E-state index in [0.29, 0.717) is 4.88 Å². The Labute approximate surface area is 95.3 Å². The van der Waals surface area contributed by atoms with Crippen molar-refractivity contribution in [1.29, 1.82) is 0 Å². The summed E-state index contributed by atoms with van der Waals surface area (Å²) in [5, 5.41) is 8.88. The Bertz CT molecular complexity index is 541. The van der Waals surface area contributed by atoms with Crippen LogP contribution in [0.3, 0.4) is 0 Å². The number of aromatic nitrogens is 2. The number of carbonyl (C=O) groups is 1. The van der Waals surface area contributed by atoms with E-state index in [0.717, 1.165) is 29.9 Å². The predicted molar refractivity (Wildman–Crippen MR) is 58.9 cm³/mol. The lowest BCUT2D eigenvalue weighted by molar-refractivity contribution is -0.0586. The Kier molecular flexibility index (Phi) is 2.19. The Morgan fingerprint density at radius 3 is 3.19 bits per heavy atom. The van der Waals surface area contributed by atoms with Crippen molar-refractivity contribution in [3.05, 3.63) is 17.3 Å². The van der Waals surface area contributed by atoms with Crippen molar-refractivity contribution in [3.8, 4) is 0 Å². The third-order valence-corrected chi connectivity index (χ3v) is 3.74. The van der Waals surface area contributed by atoms with E-state index >= 15 is 0 Å². The number of imidazole rings is 1. The number of carboxylic acid groups (broad SMARTS) is 1. The molecule has 0 amide bonds. The summed E-state index contributed by atoms with van der Waals surface area (Å²) in [6.45, 7) is 1.58. The van der Waals surface area contributed by atoms with Crippen LogP contribution in [0, 0.1) is 0 Å².